The molecule has 0 amide bonds. The summed E-state index contributed by atoms with van der Waals surface area (Å²) in [7, 11) is 1.81. The largest absolute Gasteiger partial charge is 0.327 e. The van der Waals surface area contributed by atoms with Gasteiger partial charge in [0.25, 0.3) is 0 Å². The van der Waals surface area contributed by atoms with Gasteiger partial charge in [-0.05, 0) is 30.4 Å². The monoisotopic (exact) mass is 234 g/mol. The molecule has 80 valence electrons. The Morgan fingerprint density at radius 3 is 3.06 bits per heavy atom. The molecule has 0 radical (unpaired) electrons. The van der Waals surface area contributed by atoms with Gasteiger partial charge in [0.05, 0.1) is 5.52 Å². The van der Waals surface area contributed by atoms with Crippen LogP contribution >= 0.6 is 12.2 Å². The Bertz CT molecular complexity index is 758. The number of rotatable bonds is 0. The van der Waals surface area contributed by atoms with Gasteiger partial charge >= 0.3 is 0 Å². The molecule has 3 aromatic rings. The van der Waals surface area contributed by atoms with Gasteiger partial charge in [0.2, 0.25) is 4.77 Å². The smallest absolute Gasteiger partial charge is 0.215 e. The Labute approximate surface area is 94.7 Å². The molecule has 0 unspecified atom stereocenters. The molecule has 2 heterocycles. The Kier molecular flexibility index (Phi) is 1.81. The van der Waals surface area contributed by atoms with Crippen molar-refractivity contribution >= 4 is 34.3 Å². The third kappa shape index (κ3) is 1.16. The molecule has 0 saturated carbocycles. The fourth-order valence-corrected chi connectivity index (χ4v) is 1.97. The maximum absolute atomic E-state index is 13.1. The van der Waals surface area contributed by atoms with E-state index in [1.54, 1.807) is 10.6 Å². The lowest BCUT2D eigenvalue weighted by Crippen LogP contribution is -1.92. The zero-order valence-electron chi connectivity index (χ0n) is 8.36. The molecule has 2 aromatic heterocycles. The molecule has 3 rings (SSSR count). The third-order valence-electron chi connectivity index (χ3n) is 2.58. The van der Waals surface area contributed by atoms with Crippen LogP contribution in [-0.2, 0) is 7.05 Å². The normalized spacial score (nSPS) is 11.4. The van der Waals surface area contributed by atoms with Gasteiger partial charge in [0, 0.05) is 12.4 Å². The highest BCUT2D eigenvalue weighted by atomic mass is 32.1. The van der Waals surface area contributed by atoms with E-state index in [1.165, 1.54) is 12.1 Å². The van der Waals surface area contributed by atoms with Crippen molar-refractivity contribution in [1.29, 1.82) is 0 Å². The molecule has 6 heteroatoms. The van der Waals surface area contributed by atoms with Crippen LogP contribution in [0.4, 0.5) is 4.39 Å². The summed E-state index contributed by atoms with van der Waals surface area (Å²) in [5, 5.41) is 7.62. The van der Waals surface area contributed by atoms with Crippen molar-refractivity contribution < 1.29 is 4.39 Å². The Morgan fingerprint density at radius 2 is 2.25 bits per heavy atom. The van der Waals surface area contributed by atoms with E-state index < -0.39 is 0 Å². The minimum atomic E-state index is -0.277. The van der Waals surface area contributed by atoms with Crippen molar-refractivity contribution in [2.24, 2.45) is 7.05 Å². The number of nitrogens with zero attached hydrogens (tertiary/aromatic N) is 3. The first-order valence-electron chi connectivity index (χ1n) is 4.67. The number of hydrogen-bond acceptors (Lipinski definition) is 3. The Hall–Kier alpha value is -1.82. The number of fused-ring (bicyclic) bond motifs is 3. The molecule has 16 heavy (non-hydrogen) atoms. The summed E-state index contributed by atoms with van der Waals surface area (Å²) in [5.41, 5.74) is 2.11. The first kappa shape index (κ1) is 9.41. The van der Waals surface area contributed by atoms with Crippen LogP contribution in [0, 0.1) is 10.6 Å². The van der Waals surface area contributed by atoms with Crippen molar-refractivity contribution in [2.75, 3.05) is 0 Å². The molecular formula is C10H7FN4S. The molecule has 0 atom stereocenters. The second-order valence-corrected chi connectivity index (χ2v) is 3.92. The van der Waals surface area contributed by atoms with Crippen molar-refractivity contribution in [3.63, 3.8) is 0 Å². The number of halogens is 1. The molecule has 0 aliphatic rings. The number of benzene rings is 1. The van der Waals surface area contributed by atoms with Crippen LogP contribution in [-0.4, -0.2) is 19.7 Å². The lowest BCUT2D eigenvalue weighted by atomic mass is 10.2. The SMILES string of the molecule is Cn1c2cc(F)ccc2c2n[nH]c(=S)nc21. The average Bonchev–Trinajstić information content (AvgIpc) is 2.53. The predicted octanol–water partition coefficient (Wildman–Crippen LogP) is 2.32. The van der Waals surface area contributed by atoms with Gasteiger partial charge in [-0.15, -0.1) is 0 Å². The van der Waals surface area contributed by atoms with Crippen molar-refractivity contribution in [3.05, 3.63) is 28.8 Å². The summed E-state index contributed by atoms with van der Waals surface area (Å²) < 4.78 is 15.2. The fraction of sp³-hybridized carbons (Fsp3) is 0.100. The number of aromatic amines is 1. The quantitative estimate of drug-likeness (QED) is 0.607. The van der Waals surface area contributed by atoms with E-state index in [2.05, 4.69) is 15.2 Å². The van der Waals surface area contributed by atoms with E-state index in [9.17, 15) is 4.39 Å². The highest BCUT2D eigenvalue weighted by Crippen LogP contribution is 2.24. The van der Waals surface area contributed by atoms with E-state index in [-0.39, 0.29) is 5.82 Å². The van der Waals surface area contributed by atoms with E-state index >= 15 is 0 Å². The van der Waals surface area contributed by atoms with Crippen molar-refractivity contribution in [3.8, 4) is 0 Å². The van der Waals surface area contributed by atoms with Crippen LogP contribution in [0.15, 0.2) is 18.2 Å². The third-order valence-corrected chi connectivity index (χ3v) is 2.76. The lowest BCUT2D eigenvalue weighted by Gasteiger charge is -1.95. The summed E-state index contributed by atoms with van der Waals surface area (Å²) in [6.07, 6.45) is 0. The fourth-order valence-electron chi connectivity index (χ4n) is 1.84. The first-order chi connectivity index (χ1) is 7.66. The van der Waals surface area contributed by atoms with Crippen LogP contribution in [0.1, 0.15) is 0 Å². The Morgan fingerprint density at radius 1 is 1.44 bits per heavy atom. The second kappa shape index (κ2) is 3.08. The number of aryl methyl sites for hydroxylation is 1. The molecule has 0 bridgehead atoms. The molecule has 0 aliphatic heterocycles. The van der Waals surface area contributed by atoms with Gasteiger partial charge in [-0.2, -0.15) is 10.1 Å². The van der Waals surface area contributed by atoms with Crippen LogP contribution in [0.5, 0.6) is 0 Å². The number of hydrogen-bond donors (Lipinski definition) is 1. The second-order valence-electron chi connectivity index (χ2n) is 3.53. The lowest BCUT2D eigenvalue weighted by molar-refractivity contribution is 0.629. The van der Waals surface area contributed by atoms with Crippen LogP contribution in [0.2, 0.25) is 0 Å². The summed E-state index contributed by atoms with van der Waals surface area (Å²) in [6, 6.07) is 4.56. The zero-order chi connectivity index (χ0) is 11.3. The van der Waals surface area contributed by atoms with Gasteiger partial charge in [0.15, 0.2) is 5.65 Å². The van der Waals surface area contributed by atoms with E-state index in [0.717, 1.165) is 10.9 Å². The Balaban J connectivity index is 2.64. The summed E-state index contributed by atoms with van der Waals surface area (Å²) in [4.78, 5) is 4.18. The topological polar surface area (TPSA) is 46.5 Å². The predicted molar refractivity (Wildman–Crippen MR) is 61.2 cm³/mol. The zero-order valence-corrected chi connectivity index (χ0v) is 9.18. The molecule has 0 aliphatic carbocycles. The minimum Gasteiger partial charge on any atom is -0.327 e. The van der Waals surface area contributed by atoms with E-state index in [4.69, 9.17) is 12.2 Å². The van der Waals surface area contributed by atoms with Gasteiger partial charge in [-0.25, -0.2) is 4.39 Å². The summed E-state index contributed by atoms with van der Waals surface area (Å²) in [6.45, 7) is 0. The van der Waals surface area contributed by atoms with Crippen LogP contribution < -0.4 is 0 Å². The number of H-pyrrole nitrogens is 1. The molecule has 0 saturated heterocycles. The highest BCUT2D eigenvalue weighted by Gasteiger charge is 2.10. The first-order valence-corrected chi connectivity index (χ1v) is 5.08. The molecule has 0 fully saturated rings. The standard InChI is InChI=1S/C10H7FN4S/c1-15-7-4-5(11)2-3-6(7)8-9(15)12-10(16)14-13-8/h2-4H,1H3,(H,12,14,16). The summed E-state index contributed by atoms with van der Waals surface area (Å²) >= 11 is 4.91. The highest BCUT2D eigenvalue weighted by molar-refractivity contribution is 7.71. The molecule has 0 spiro atoms. The van der Waals surface area contributed by atoms with Gasteiger partial charge < -0.3 is 4.57 Å². The van der Waals surface area contributed by atoms with Gasteiger partial charge in [-0.3, -0.25) is 5.10 Å². The summed E-state index contributed by atoms with van der Waals surface area (Å²) in [5.74, 6) is -0.277. The van der Waals surface area contributed by atoms with Crippen LogP contribution in [0.25, 0.3) is 22.1 Å². The van der Waals surface area contributed by atoms with Crippen molar-refractivity contribution in [2.45, 2.75) is 0 Å². The van der Waals surface area contributed by atoms with Gasteiger partial charge in [0.1, 0.15) is 11.3 Å². The molecular weight excluding hydrogens is 227 g/mol. The molecule has 4 nitrogen and oxygen atoms in total. The van der Waals surface area contributed by atoms with Gasteiger partial charge in [-0.1, -0.05) is 0 Å². The number of nitrogens with one attached hydrogen (secondary N) is 1. The average molecular weight is 234 g/mol. The molecule has 1 aromatic carbocycles. The molecule has 1 N–H and O–H groups in total. The van der Waals surface area contributed by atoms with E-state index in [0.29, 0.717) is 15.9 Å². The van der Waals surface area contributed by atoms with Crippen LogP contribution in [0.3, 0.4) is 0 Å². The number of aromatic nitrogens is 4. The van der Waals surface area contributed by atoms with E-state index in [1.807, 2.05) is 7.05 Å². The maximum atomic E-state index is 13.1. The maximum Gasteiger partial charge on any atom is 0.215 e. The van der Waals surface area contributed by atoms with Crippen molar-refractivity contribution in [1.82, 2.24) is 19.7 Å². The minimum absolute atomic E-state index is 0.277.